The molecule has 0 saturated heterocycles. The second-order valence-electron chi connectivity index (χ2n) is 4.83. The van der Waals surface area contributed by atoms with E-state index in [9.17, 15) is 0 Å². The standard InChI is InChI=1S/C12H20N4/c1-9-2-4-10(5-3-9)7-14-12-6-11(13)15-8-16-12/h6,8-10H,2-5,7H2,1H3,(H3,13,14,15,16). The van der Waals surface area contributed by atoms with Gasteiger partial charge in [-0.2, -0.15) is 0 Å². The molecule has 1 heterocycles. The van der Waals surface area contributed by atoms with E-state index < -0.39 is 0 Å². The van der Waals surface area contributed by atoms with Gasteiger partial charge in [-0.15, -0.1) is 0 Å². The van der Waals surface area contributed by atoms with Crippen LogP contribution in [0.2, 0.25) is 0 Å². The van der Waals surface area contributed by atoms with Gasteiger partial charge in [0.2, 0.25) is 0 Å². The molecule has 0 unspecified atom stereocenters. The van der Waals surface area contributed by atoms with Crippen LogP contribution in [-0.2, 0) is 0 Å². The number of nitrogens with two attached hydrogens (primary N) is 1. The van der Waals surface area contributed by atoms with E-state index in [-0.39, 0.29) is 0 Å². The molecule has 1 aromatic rings. The predicted molar refractivity (Wildman–Crippen MR) is 66.1 cm³/mol. The van der Waals surface area contributed by atoms with Gasteiger partial charge < -0.3 is 11.1 Å². The van der Waals surface area contributed by atoms with E-state index in [0.29, 0.717) is 5.82 Å². The fourth-order valence-corrected chi connectivity index (χ4v) is 2.25. The third-order valence-corrected chi connectivity index (χ3v) is 3.40. The van der Waals surface area contributed by atoms with Crippen molar-refractivity contribution in [2.24, 2.45) is 11.8 Å². The lowest BCUT2D eigenvalue weighted by Crippen LogP contribution is -2.20. The first-order valence-corrected chi connectivity index (χ1v) is 6.05. The fraction of sp³-hybridized carbons (Fsp3) is 0.667. The Bertz CT molecular complexity index is 332. The highest BCUT2D eigenvalue weighted by atomic mass is 15.0. The lowest BCUT2D eigenvalue weighted by atomic mass is 9.83. The van der Waals surface area contributed by atoms with Crippen molar-refractivity contribution < 1.29 is 0 Å². The van der Waals surface area contributed by atoms with Gasteiger partial charge in [-0.25, -0.2) is 9.97 Å². The van der Waals surface area contributed by atoms with Crippen molar-refractivity contribution >= 4 is 11.6 Å². The van der Waals surface area contributed by atoms with Crippen LogP contribution in [0.15, 0.2) is 12.4 Å². The Morgan fingerprint density at radius 1 is 1.31 bits per heavy atom. The summed E-state index contributed by atoms with van der Waals surface area (Å²) < 4.78 is 0. The van der Waals surface area contributed by atoms with Gasteiger partial charge in [0.1, 0.15) is 18.0 Å². The Balaban J connectivity index is 1.79. The van der Waals surface area contributed by atoms with Gasteiger partial charge in [0.15, 0.2) is 0 Å². The lowest BCUT2D eigenvalue weighted by molar-refractivity contribution is 0.300. The first kappa shape index (κ1) is 11.2. The second kappa shape index (κ2) is 5.14. The van der Waals surface area contributed by atoms with E-state index in [2.05, 4.69) is 22.2 Å². The summed E-state index contributed by atoms with van der Waals surface area (Å²) in [5, 5.41) is 3.34. The molecular formula is C12H20N4. The van der Waals surface area contributed by atoms with E-state index in [1.165, 1.54) is 32.0 Å². The van der Waals surface area contributed by atoms with Crippen LogP contribution >= 0.6 is 0 Å². The first-order valence-electron chi connectivity index (χ1n) is 6.05. The summed E-state index contributed by atoms with van der Waals surface area (Å²) in [6.07, 6.45) is 6.88. The van der Waals surface area contributed by atoms with Gasteiger partial charge in [0.25, 0.3) is 0 Å². The van der Waals surface area contributed by atoms with Crippen molar-refractivity contribution in [3.8, 4) is 0 Å². The third kappa shape index (κ3) is 3.08. The average Bonchev–Trinajstić information content (AvgIpc) is 2.28. The molecule has 0 amide bonds. The Hall–Kier alpha value is -1.32. The van der Waals surface area contributed by atoms with Gasteiger partial charge in [0.05, 0.1) is 0 Å². The number of rotatable bonds is 3. The number of hydrogen-bond donors (Lipinski definition) is 2. The highest BCUT2D eigenvalue weighted by Crippen LogP contribution is 2.28. The highest BCUT2D eigenvalue weighted by Gasteiger charge is 2.17. The number of nitrogens with zero attached hydrogens (tertiary/aromatic N) is 2. The lowest BCUT2D eigenvalue weighted by Gasteiger charge is -2.26. The van der Waals surface area contributed by atoms with Crippen molar-refractivity contribution in [3.05, 3.63) is 12.4 Å². The molecule has 0 atom stereocenters. The molecule has 1 saturated carbocycles. The summed E-state index contributed by atoms with van der Waals surface area (Å²) in [4.78, 5) is 8.01. The minimum atomic E-state index is 0.523. The minimum absolute atomic E-state index is 0.523. The maximum absolute atomic E-state index is 5.59. The van der Waals surface area contributed by atoms with Crippen LogP contribution in [0.4, 0.5) is 11.6 Å². The quantitative estimate of drug-likeness (QED) is 0.820. The molecule has 1 fully saturated rings. The maximum atomic E-state index is 5.59. The molecule has 0 radical (unpaired) electrons. The molecule has 88 valence electrons. The summed E-state index contributed by atoms with van der Waals surface area (Å²) in [6, 6.07) is 1.78. The van der Waals surface area contributed by atoms with E-state index in [4.69, 9.17) is 5.73 Å². The third-order valence-electron chi connectivity index (χ3n) is 3.40. The van der Waals surface area contributed by atoms with Crippen molar-refractivity contribution in [1.29, 1.82) is 0 Å². The SMILES string of the molecule is CC1CCC(CNc2cc(N)ncn2)CC1. The van der Waals surface area contributed by atoms with Crippen molar-refractivity contribution in [1.82, 2.24) is 9.97 Å². The summed E-state index contributed by atoms with van der Waals surface area (Å²) in [7, 11) is 0. The molecule has 1 aliphatic carbocycles. The highest BCUT2D eigenvalue weighted by molar-refractivity contribution is 5.43. The van der Waals surface area contributed by atoms with Crippen molar-refractivity contribution in [2.75, 3.05) is 17.6 Å². The molecule has 4 heteroatoms. The molecular weight excluding hydrogens is 200 g/mol. The molecule has 0 aliphatic heterocycles. The minimum Gasteiger partial charge on any atom is -0.384 e. The van der Waals surface area contributed by atoms with Crippen LogP contribution in [-0.4, -0.2) is 16.5 Å². The molecule has 16 heavy (non-hydrogen) atoms. The largest absolute Gasteiger partial charge is 0.384 e. The Labute approximate surface area is 96.7 Å². The maximum Gasteiger partial charge on any atom is 0.131 e. The second-order valence-corrected chi connectivity index (χ2v) is 4.83. The topological polar surface area (TPSA) is 63.8 Å². The smallest absolute Gasteiger partial charge is 0.131 e. The number of nitrogens with one attached hydrogen (secondary N) is 1. The normalized spacial score (nSPS) is 25.3. The molecule has 0 bridgehead atoms. The molecule has 4 nitrogen and oxygen atoms in total. The average molecular weight is 220 g/mol. The van der Waals surface area contributed by atoms with Crippen molar-refractivity contribution in [2.45, 2.75) is 32.6 Å². The van der Waals surface area contributed by atoms with Crippen LogP contribution < -0.4 is 11.1 Å². The van der Waals surface area contributed by atoms with E-state index in [1.807, 2.05) is 0 Å². The Kier molecular flexibility index (Phi) is 3.59. The van der Waals surface area contributed by atoms with Gasteiger partial charge in [-0.3, -0.25) is 0 Å². The number of nitrogen functional groups attached to an aromatic ring is 1. The van der Waals surface area contributed by atoms with Gasteiger partial charge in [-0.1, -0.05) is 19.8 Å². The number of hydrogen-bond acceptors (Lipinski definition) is 4. The molecule has 3 N–H and O–H groups in total. The van der Waals surface area contributed by atoms with Gasteiger partial charge in [-0.05, 0) is 24.7 Å². The molecule has 2 rings (SSSR count). The van der Waals surface area contributed by atoms with Gasteiger partial charge >= 0.3 is 0 Å². The van der Waals surface area contributed by atoms with Crippen LogP contribution in [0.1, 0.15) is 32.6 Å². The summed E-state index contributed by atoms with van der Waals surface area (Å²) >= 11 is 0. The molecule has 1 aliphatic rings. The first-order chi connectivity index (χ1) is 7.74. The molecule has 1 aromatic heterocycles. The molecule has 0 aromatic carbocycles. The predicted octanol–water partition coefficient (Wildman–Crippen LogP) is 2.30. The van der Waals surface area contributed by atoms with Crippen LogP contribution in [0, 0.1) is 11.8 Å². The Morgan fingerprint density at radius 3 is 2.75 bits per heavy atom. The Morgan fingerprint density at radius 2 is 2.06 bits per heavy atom. The number of aromatic nitrogens is 2. The zero-order valence-corrected chi connectivity index (χ0v) is 9.82. The summed E-state index contributed by atoms with van der Waals surface area (Å²) in [6.45, 7) is 3.35. The van der Waals surface area contributed by atoms with Crippen LogP contribution in [0.3, 0.4) is 0 Å². The van der Waals surface area contributed by atoms with Crippen LogP contribution in [0.5, 0.6) is 0 Å². The molecule has 0 spiro atoms. The van der Waals surface area contributed by atoms with E-state index >= 15 is 0 Å². The summed E-state index contributed by atoms with van der Waals surface area (Å²) in [5.41, 5.74) is 5.59. The van der Waals surface area contributed by atoms with Crippen LogP contribution in [0.25, 0.3) is 0 Å². The number of anilines is 2. The zero-order valence-electron chi connectivity index (χ0n) is 9.82. The van der Waals surface area contributed by atoms with E-state index in [1.54, 1.807) is 6.07 Å². The fourth-order valence-electron chi connectivity index (χ4n) is 2.25. The van der Waals surface area contributed by atoms with Gasteiger partial charge in [0, 0.05) is 12.6 Å². The van der Waals surface area contributed by atoms with Crippen molar-refractivity contribution in [3.63, 3.8) is 0 Å². The van der Waals surface area contributed by atoms with E-state index in [0.717, 1.165) is 24.2 Å². The monoisotopic (exact) mass is 220 g/mol. The summed E-state index contributed by atoms with van der Waals surface area (Å²) in [5.74, 6) is 3.05. The zero-order chi connectivity index (χ0) is 11.4.